The van der Waals surface area contributed by atoms with E-state index in [1.807, 2.05) is 13.8 Å². The number of hydrogen-bond acceptors (Lipinski definition) is 8. The minimum atomic E-state index is -0.408. The maximum atomic E-state index is 12.2. The predicted molar refractivity (Wildman–Crippen MR) is 96.5 cm³/mol. The molecule has 3 N–H and O–H groups in total. The number of thiophene rings is 1. The third kappa shape index (κ3) is 3.22. The van der Waals surface area contributed by atoms with Gasteiger partial charge in [-0.2, -0.15) is 0 Å². The first kappa shape index (κ1) is 16.7. The molecule has 0 fully saturated rings. The van der Waals surface area contributed by atoms with Crippen molar-refractivity contribution >= 4 is 50.9 Å². The zero-order valence-electron chi connectivity index (χ0n) is 13.7. The van der Waals surface area contributed by atoms with Crippen LogP contribution in [-0.4, -0.2) is 26.3 Å². The van der Waals surface area contributed by atoms with Crippen LogP contribution in [0.5, 0.6) is 0 Å². The lowest BCUT2D eigenvalue weighted by molar-refractivity contribution is -0.115. The molecule has 0 saturated heterocycles. The highest BCUT2D eigenvalue weighted by Crippen LogP contribution is 2.34. The maximum absolute atomic E-state index is 12.2. The van der Waals surface area contributed by atoms with Crippen LogP contribution in [0, 0.1) is 20.8 Å². The van der Waals surface area contributed by atoms with Crippen LogP contribution in [0.25, 0.3) is 10.2 Å². The lowest BCUT2D eigenvalue weighted by atomic mass is 10.2. The molecule has 0 aliphatic rings. The van der Waals surface area contributed by atoms with Crippen molar-refractivity contribution in [3.05, 3.63) is 22.2 Å². The molecule has 0 radical (unpaired) electrons. The van der Waals surface area contributed by atoms with Crippen LogP contribution in [0.2, 0.25) is 0 Å². The molecule has 3 rings (SSSR count). The molecule has 0 spiro atoms. The van der Waals surface area contributed by atoms with Gasteiger partial charge in [0.2, 0.25) is 11.8 Å². The van der Waals surface area contributed by atoms with Gasteiger partial charge in [-0.1, -0.05) is 16.9 Å². The molecule has 1 atom stereocenters. The predicted octanol–water partition coefficient (Wildman–Crippen LogP) is 3.31. The number of nitrogens with two attached hydrogens (primary N) is 1. The molecule has 0 saturated carbocycles. The van der Waals surface area contributed by atoms with Crippen molar-refractivity contribution < 1.29 is 9.32 Å². The van der Waals surface area contributed by atoms with Crippen molar-refractivity contribution in [3.8, 4) is 0 Å². The number of thioether (sulfide) groups is 1. The van der Waals surface area contributed by atoms with E-state index in [4.69, 9.17) is 10.3 Å². The van der Waals surface area contributed by atoms with Crippen molar-refractivity contribution in [1.29, 1.82) is 0 Å². The van der Waals surface area contributed by atoms with Crippen LogP contribution < -0.4 is 11.1 Å². The number of aromatic nitrogens is 3. The SMILES string of the molecule is Cc1cc(NC(=O)C(C)Sc2nc(N)c3c(C)c(C)sc3n2)on1. The van der Waals surface area contributed by atoms with Gasteiger partial charge in [0, 0.05) is 10.9 Å². The van der Waals surface area contributed by atoms with Crippen LogP contribution >= 0.6 is 23.1 Å². The van der Waals surface area contributed by atoms with Crippen molar-refractivity contribution in [2.45, 2.75) is 38.1 Å². The van der Waals surface area contributed by atoms with E-state index in [9.17, 15) is 4.79 Å². The molecule has 0 aliphatic heterocycles. The number of hydrogen-bond donors (Lipinski definition) is 2. The molecule has 0 aromatic carbocycles. The summed E-state index contributed by atoms with van der Waals surface area (Å²) in [5.74, 6) is 0.560. The number of carbonyl (C=O) groups is 1. The fraction of sp³-hybridized carbons (Fsp3) is 0.333. The second-order valence-electron chi connectivity index (χ2n) is 5.44. The maximum Gasteiger partial charge on any atom is 0.240 e. The van der Waals surface area contributed by atoms with Gasteiger partial charge < -0.3 is 10.3 Å². The highest BCUT2D eigenvalue weighted by Gasteiger charge is 2.20. The Morgan fingerprint density at radius 2 is 2.12 bits per heavy atom. The number of rotatable bonds is 4. The van der Waals surface area contributed by atoms with Crippen LogP contribution in [-0.2, 0) is 4.79 Å². The molecule has 24 heavy (non-hydrogen) atoms. The van der Waals surface area contributed by atoms with Crippen molar-refractivity contribution in [2.24, 2.45) is 0 Å². The Labute approximate surface area is 147 Å². The molecule has 1 unspecified atom stereocenters. The van der Waals surface area contributed by atoms with E-state index in [1.165, 1.54) is 16.6 Å². The summed E-state index contributed by atoms with van der Waals surface area (Å²) in [6, 6.07) is 1.66. The van der Waals surface area contributed by atoms with E-state index in [0.717, 1.165) is 15.8 Å². The average molecular weight is 363 g/mol. The Hall–Kier alpha value is -2.13. The van der Waals surface area contributed by atoms with Crippen LogP contribution in [0.15, 0.2) is 15.7 Å². The lowest BCUT2D eigenvalue weighted by Crippen LogP contribution is -2.22. The van der Waals surface area contributed by atoms with Crippen molar-refractivity contribution in [2.75, 3.05) is 11.1 Å². The molecule has 0 bridgehead atoms. The topological polar surface area (TPSA) is 107 Å². The summed E-state index contributed by atoms with van der Waals surface area (Å²) in [5.41, 5.74) is 7.88. The number of nitrogen functional groups attached to an aromatic ring is 1. The number of nitrogens with zero attached hydrogens (tertiary/aromatic N) is 3. The lowest BCUT2D eigenvalue weighted by Gasteiger charge is -2.09. The largest absolute Gasteiger partial charge is 0.383 e. The summed E-state index contributed by atoms with van der Waals surface area (Å²) < 4.78 is 4.99. The summed E-state index contributed by atoms with van der Waals surface area (Å²) in [6.07, 6.45) is 0. The van der Waals surface area contributed by atoms with Crippen LogP contribution in [0.1, 0.15) is 23.1 Å². The Morgan fingerprint density at radius 1 is 1.38 bits per heavy atom. The first-order valence-electron chi connectivity index (χ1n) is 7.29. The van der Waals surface area contributed by atoms with Gasteiger partial charge in [-0.3, -0.25) is 10.1 Å². The Kier molecular flexibility index (Phi) is 4.46. The number of aryl methyl sites for hydroxylation is 3. The van der Waals surface area contributed by atoms with Gasteiger partial charge in [0.25, 0.3) is 0 Å². The molecule has 9 heteroatoms. The van der Waals surface area contributed by atoms with Gasteiger partial charge in [-0.25, -0.2) is 9.97 Å². The normalized spacial score (nSPS) is 12.5. The molecule has 0 aliphatic carbocycles. The number of fused-ring (bicyclic) bond motifs is 1. The van der Waals surface area contributed by atoms with E-state index in [2.05, 4.69) is 20.4 Å². The summed E-state index contributed by atoms with van der Waals surface area (Å²) in [5, 5.41) is 7.38. The molecular formula is C15H17N5O2S2. The van der Waals surface area contributed by atoms with E-state index in [-0.39, 0.29) is 5.91 Å². The fourth-order valence-corrected chi connectivity index (χ4v) is 4.04. The quantitative estimate of drug-likeness (QED) is 0.541. The number of carbonyl (C=O) groups excluding carboxylic acids is 1. The van der Waals surface area contributed by atoms with Gasteiger partial charge >= 0.3 is 0 Å². The first-order valence-corrected chi connectivity index (χ1v) is 8.99. The monoisotopic (exact) mass is 363 g/mol. The van der Waals surface area contributed by atoms with Gasteiger partial charge in [-0.05, 0) is 33.3 Å². The zero-order chi connectivity index (χ0) is 17.4. The van der Waals surface area contributed by atoms with E-state index in [0.29, 0.717) is 22.6 Å². The Balaban J connectivity index is 1.77. The minimum Gasteiger partial charge on any atom is -0.383 e. The number of nitrogens with one attached hydrogen (secondary N) is 1. The summed E-state index contributed by atoms with van der Waals surface area (Å²) in [7, 11) is 0. The van der Waals surface area contributed by atoms with Crippen molar-refractivity contribution in [1.82, 2.24) is 15.1 Å². The average Bonchev–Trinajstić information content (AvgIpc) is 3.03. The van der Waals surface area contributed by atoms with Crippen LogP contribution in [0.4, 0.5) is 11.7 Å². The second-order valence-corrected chi connectivity index (χ2v) is 7.95. The van der Waals surface area contributed by atoms with Gasteiger partial charge in [0.05, 0.1) is 16.3 Å². The minimum absolute atomic E-state index is 0.211. The van der Waals surface area contributed by atoms with E-state index in [1.54, 1.807) is 31.3 Å². The van der Waals surface area contributed by atoms with Crippen LogP contribution in [0.3, 0.4) is 0 Å². The number of amides is 1. The molecular weight excluding hydrogens is 346 g/mol. The highest BCUT2D eigenvalue weighted by molar-refractivity contribution is 8.00. The summed E-state index contributed by atoms with van der Waals surface area (Å²) in [4.78, 5) is 23.1. The molecule has 126 valence electrons. The van der Waals surface area contributed by atoms with Crippen molar-refractivity contribution in [3.63, 3.8) is 0 Å². The molecule has 3 heterocycles. The zero-order valence-corrected chi connectivity index (χ0v) is 15.3. The third-order valence-corrected chi connectivity index (χ3v) is 5.62. The van der Waals surface area contributed by atoms with E-state index >= 15 is 0 Å². The highest BCUT2D eigenvalue weighted by atomic mass is 32.2. The van der Waals surface area contributed by atoms with Gasteiger partial charge in [0.1, 0.15) is 10.6 Å². The summed E-state index contributed by atoms with van der Waals surface area (Å²) in [6.45, 7) is 7.60. The molecule has 7 nitrogen and oxygen atoms in total. The van der Waals surface area contributed by atoms with Gasteiger partial charge in [0.15, 0.2) is 5.16 Å². The third-order valence-electron chi connectivity index (χ3n) is 3.56. The fourth-order valence-electron chi connectivity index (χ4n) is 2.17. The van der Waals surface area contributed by atoms with Gasteiger partial charge in [-0.15, -0.1) is 11.3 Å². The Bertz CT molecular complexity index is 918. The summed E-state index contributed by atoms with van der Waals surface area (Å²) >= 11 is 2.83. The smallest absolute Gasteiger partial charge is 0.240 e. The Morgan fingerprint density at radius 3 is 2.79 bits per heavy atom. The first-order chi connectivity index (χ1) is 11.3. The van der Waals surface area contributed by atoms with E-state index < -0.39 is 5.25 Å². The standard InChI is InChI=1S/C15H17N5O2S2/c1-6-5-10(22-20-6)17-13(21)9(4)24-15-18-12(16)11-7(2)8(3)23-14(11)19-15/h5,9H,1-4H3,(H,17,21)(H2,16,18,19). The second kappa shape index (κ2) is 6.40. The molecule has 3 aromatic rings. The molecule has 1 amide bonds. The number of anilines is 2. The molecule has 3 aromatic heterocycles.